The van der Waals surface area contributed by atoms with Crippen molar-refractivity contribution in [3.63, 3.8) is 0 Å². The summed E-state index contributed by atoms with van der Waals surface area (Å²) in [5.41, 5.74) is 2.13. The highest BCUT2D eigenvalue weighted by Crippen LogP contribution is 2.47. The molecule has 4 aromatic rings. The number of carbonyl (C=O) groups is 3. The number of anilines is 1. The van der Waals surface area contributed by atoms with Crippen molar-refractivity contribution in [1.29, 1.82) is 5.26 Å². The summed E-state index contributed by atoms with van der Waals surface area (Å²) in [5, 5.41) is 15.3. The van der Waals surface area contributed by atoms with Crippen LogP contribution in [0.4, 0.5) is 14.5 Å². The average molecular weight is 778 g/mol. The smallest absolute Gasteiger partial charge is 0.261 e. The predicted molar refractivity (Wildman–Crippen MR) is 208 cm³/mol. The van der Waals surface area contributed by atoms with Crippen LogP contribution in [0.3, 0.4) is 0 Å². The summed E-state index contributed by atoms with van der Waals surface area (Å²) in [4.78, 5) is 59.5. The van der Waals surface area contributed by atoms with Crippen molar-refractivity contribution < 1.29 is 27.9 Å². The number of halogens is 2. The van der Waals surface area contributed by atoms with Crippen LogP contribution < -0.4 is 20.9 Å². The number of carbonyl (C=O) groups excluding carboxylic acids is 3. The highest BCUT2D eigenvalue weighted by atomic mass is 19.1. The van der Waals surface area contributed by atoms with Crippen LogP contribution in [0.25, 0.3) is 10.9 Å². The first-order chi connectivity index (χ1) is 27.5. The number of nitrogens with one attached hydrogen (secondary N) is 2. The number of nitrogens with zero attached hydrogens (tertiary/aromatic N) is 5. The van der Waals surface area contributed by atoms with Crippen molar-refractivity contribution in [3.05, 3.63) is 93.5 Å². The molecule has 3 aliphatic heterocycles. The molecular formula is C43H45F2N7O5. The van der Waals surface area contributed by atoms with Gasteiger partial charge in [-0.2, -0.15) is 5.26 Å². The standard InChI is InChI=1S/C43H45F2N7O5/c1-26-2-6-34(44)40(33(26)22-46)57-30-4-7-36-32(21-30)42(56)52(25-47-36)29-10-14-43(15-11-29)16-19-51(24-43)39(54)23-50-17-12-27(13-18-50)31-5-3-28(20-35(31)45)48-37-8-9-38(53)49-41(37)55/h2-7,20-21,25,27,29,37,48H,8-19,23-24H2,1H3,(H,49,53,55). The second kappa shape index (κ2) is 15.7. The summed E-state index contributed by atoms with van der Waals surface area (Å²) in [7, 11) is 0. The van der Waals surface area contributed by atoms with Crippen LogP contribution in [0.15, 0.2) is 59.7 Å². The summed E-state index contributed by atoms with van der Waals surface area (Å²) in [6.45, 7) is 4.83. The third kappa shape index (κ3) is 7.85. The Labute approximate surface area is 328 Å². The summed E-state index contributed by atoms with van der Waals surface area (Å²) in [6.07, 6.45) is 7.94. The largest absolute Gasteiger partial charge is 0.453 e. The molecule has 57 heavy (non-hydrogen) atoms. The van der Waals surface area contributed by atoms with Gasteiger partial charge in [-0.05, 0) is 130 Å². The van der Waals surface area contributed by atoms with E-state index in [0.717, 1.165) is 44.9 Å². The fourth-order valence-electron chi connectivity index (χ4n) is 9.17. The van der Waals surface area contributed by atoms with Crippen molar-refractivity contribution >= 4 is 34.3 Å². The molecule has 1 saturated carbocycles. The summed E-state index contributed by atoms with van der Waals surface area (Å²) >= 11 is 0. The third-order valence-electron chi connectivity index (χ3n) is 12.6. The number of rotatable bonds is 8. The number of piperidine rings is 2. The molecule has 1 unspecified atom stereocenters. The second-order valence-electron chi connectivity index (χ2n) is 16.1. The van der Waals surface area contributed by atoms with E-state index < -0.39 is 17.8 Å². The predicted octanol–water partition coefficient (Wildman–Crippen LogP) is 6.08. The van der Waals surface area contributed by atoms with Crippen molar-refractivity contribution in [3.8, 4) is 17.6 Å². The third-order valence-corrected chi connectivity index (χ3v) is 12.6. The highest BCUT2D eigenvalue weighted by molar-refractivity contribution is 6.01. The van der Waals surface area contributed by atoms with Gasteiger partial charge in [-0.15, -0.1) is 0 Å². The molecule has 4 aliphatic rings. The van der Waals surface area contributed by atoms with E-state index in [9.17, 15) is 28.8 Å². The van der Waals surface area contributed by atoms with Gasteiger partial charge in [-0.3, -0.25) is 34.0 Å². The lowest BCUT2D eigenvalue weighted by Crippen LogP contribution is -2.47. The number of hydrogen-bond acceptors (Lipinski definition) is 9. The summed E-state index contributed by atoms with van der Waals surface area (Å²) < 4.78 is 37.4. The minimum atomic E-state index is -0.661. The molecule has 1 spiro atoms. The minimum absolute atomic E-state index is 0.0150. The number of amides is 3. The molecular weight excluding hydrogens is 733 g/mol. The monoisotopic (exact) mass is 777 g/mol. The number of fused-ring (bicyclic) bond motifs is 1. The molecule has 4 fully saturated rings. The van der Waals surface area contributed by atoms with Crippen LogP contribution in [-0.4, -0.2) is 75.8 Å². The first-order valence-corrected chi connectivity index (χ1v) is 19.8. The Morgan fingerprint density at radius 3 is 2.51 bits per heavy atom. The quantitative estimate of drug-likeness (QED) is 0.203. The van der Waals surface area contributed by atoms with Crippen molar-refractivity contribution in [2.24, 2.45) is 5.41 Å². The Morgan fingerprint density at radius 1 is 0.982 bits per heavy atom. The van der Waals surface area contributed by atoms with Gasteiger partial charge in [0, 0.05) is 31.2 Å². The number of benzene rings is 3. The second-order valence-corrected chi connectivity index (χ2v) is 16.1. The molecule has 1 aromatic heterocycles. The molecule has 12 nitrogen and oxygen atoms in total. The van der Waals surface area contributed by atoms with Crippen molar-refractivity contribution in [2.45, 2.75) is 82.7 Å². The molecule has 4 heterocycles. The van der Waals surface area contributed by atoms with Gasteiger partial charge in [0.1, 0.15) is 29.2 Å². The molecule has 296 valence electrons. The number of likely N-dealkylation sites (tertiary alicyclic amines) is 2. The Hall–Kier alpha value is -5.68. The van der Waals surface area contributed by atoms with E-state index >= 15 is 4.39 Å². The van der Waals surface area contributed by atoms with Gasteiger partial charge in [-0.1, -0.05) is 12.1 Å². The molecule has 3 saturated heterocycles. The molecule has 14 heteroatoms. The van der Waals surface area contributed by atoms with Crippen LogP contribution >= 0.6 is 0 Å². The van der Waals surface area contributed by atoms with E-state index in [1.807, 2.05) is 11.0 Å². The lowest BCUT2D eigenvalue weighted by molar-refractivity contribution is -0.134. The number of aromatic nitrogens is 2. The molecule has 1 atom stereocenters. The maximum atomic E-state index is 15.2. The lowest BCUT2D eigenvalue weighted by atomic mass is 9.72. The average Bonchev–Trinajstić information content (AvgIpc) is 3.62. The maximum Gasteiger partial charge on any atom is 0.261 e. The van der Waals surface area contributed by atoms with Gasteiger partial charge < -0.3 is 15.0 Å². The first-order valence-electron chi connectivity index (χ1n) is 19.8. The zero-order valence-electron chi connectivity index (χ0n) is 31.9. The SMILES string of the molecule is Cc1ccc(F)c(Oc2ccc3ncn(C4CCC5(CC4)CCN(C(=O)CN4CCC(c6ccc(NC7CCC(=O)NC7=O)cc6F)CC4)C5)c(=O)c3c2)c1C#N. The fourth-order valence-corrected chi connectivity index (χ4v) is 9.17. The number of ether oxygens (including phenoxy) is 1. The zero-order valence-corrected chi connectivity index (χ0v) is 31.9. The Kier molecular flexibility index (Phi) is 10.5. The highest BCUT2D eigenvalue weighted by Gasteiger charge is 2.43. The molecule has 3 aromatic carbocycles. The molecule has 8 rings (SSSR count). The number of hydrogen-bond donors (Lipinski definition) is 2. The van der Waals surface area contributed by atoms with Gasteiger partial charge in [0.15, 0.2) is 11.6 Å². The zero-order chi connectivity index (χ0) is 39.8. The van der Waals surface area contributed by atoms with Crippen molar-refractivity contribution in [1.82, 2.24) is 24.7 Å². The fraction of sp³-hybridized carbons (Fsp3) is 0.442. The van der Waals surface area contributed by atoms with Gasteiger partial charge in [0.05, 0.1) is 23.8 Å². The lowest BCUT2D eigenvalue weighted by Gasteiger charge is -2.38. The Balaban J connectivity index is 0.831. The molecule has 0 bridgehead atoms. The van der Waals surface area contributed by atoms with E-state index in [-0.39, 0.29) is 64.0 Å². The number of nitriles is 1. The van der Waals surface area contributed by atoms with Crippen LogP contribution in [0.2, 0.25) is 0 Å². The van der Waals surface area contributed by atoms with Crippen LogP contribution in [0.5, 0.6) is 11.5 Å². The van der Waals surface area contributed by atoms with Crippen LogP contribution in [-0.2, 0) is 14.4 Å². The molecule has 1 aliphatic carbocycles. The molecule has 2 N–H and O–H groups in total. The Bertz CT molecular complexity index is 2340. The van der Waals surface area contributed by atoms with Crippen molar-refractivity contribution in [2.75, 3.05) is 38.0 Å². The topological polar surface area (TPSA) is 150 Å². The summed E-state index contributed by atoms with van der Waals surface area (Å²) in [6, 6.07) is 13.9. The van der Waals surface area contributed by atoms with Gasteiger partial charge in [-0.25, -0.2) is 13.8 Å². The van der Waals surface area contributed by atoms with E-state index in [2.05, 4.69) is 20.5 Å². The van der Waals surface area contributed by atoms with Crippen LogP contribution in [0.1, 0.15) is 86.4 Å². The molecule has 0 radical (unpaired) electrons. The minimum Gasteiger partial charge on any atom is -0.453 e. The first kappa shape index (κ1) is 38.2. The maximum absolute atomic E-state index is 15.2. The number of aryl methyl sites for hydroxylation is 1. The summed E-state index contributed by atoms with van der Waals surface area (Å²) in [5.74, 6) is -1.47. The van der Waals surface area contributed by atoms with Gasteiger partial charge >= 0.3 is 0 Å². The van der Waals surface area contributed by atoms with E-state index in [1.165, 1.54) is 18.2 Å². The molecule has 3 amide bonds. The van der Waals surface area contributed by atoms with Gasteiger partial charge in [0.25, 0.3) is 5.56 Å². The normalized spacial score (nSPS) is 23.1. The van der Waals surface area contributed by atoms with Gasteiger partial charge in [0.2, 0.25) is 17.7 Å². The Morgan fingerprint density at radius 2 is 1.77 bits per heavy atom. The van der Waals surface area contributed by atoms with E-state index in [1.54, 1.807) is 48.1 Å². The van der Waals surface area contributed by atoms with E-state index in [0.29, 0.717) is 66.9 Å². The van der Waals surface area contributed by atoms with E-state index in [4.69, 9.17) is 4.74 Å². The van der Waals surface area contributed by atoms with Crippen LogP contribution in [0, 0.1) is 35.3 Å². The number of imide groups is 1.